The van der Waals surface area contributed by atoms with E-state index in [1.54, 1.807) is 12.3 Å². The molecular weight excluding hydrogens is 322 g/mol. The average molecular weight is 335 g/mol. The van der Waals surface area contributed by atoms with Crippen molar-refractivity contribution in [2.45, 2.75) is 4.90 Å². The molecule has 1 heterocycles. The summed E-state index contributed by atoms with van der Waals surface area (Å²) in [6, 6.07) is 5.28. The summed E-state index contributed by atoms with van der Waals surface area (Å²) in [4.78, 5) is -0.248. The van der Waals surface area contributed by atoms with Gasteiger partial charge in [0.25, 0.3) is 20.2 Å². The summed E-state index contributed by atoms with van der Waals surface area (Å²) in [5.41, 5.74) is 3.23. The van der Waals surface area contributed by atoms with Crippen molar-refractivity contribution in [3.05, 3.63) is 36.5 Å². The van der Waals surface area contributed by atoms with Crippen LogP contribution in [0.5, 0.6) is 0 Å². The van der Waals surface area contributed by atoms with Crippen molar-refractivity contribution in [1.29, 1.82) is 0 Å². The van der Waals surface area contributed by atoms with Gasteiger partial charge in [0.15, 0.2) is 0 Å². The summed E-state index contributed by atoms with van der Waals surface area (Å²) in [5, 5.41) is 2.68. The highest BCUT2D eigenvalue weighted by Crippen LogP contribution is 2.18. The minimum atomic E-state index is -4.26. The largest absolute Gasteiger partial charge is 0.294 e. The van der Waals surface area contributed by atoms with Gasteiger partial charge in [0.2, 0.25) is 0 Å². The Morgan fingerprint density at radius 1 is 1.10 bits per heavy atom. The average Bonchev–Trinajstić information content (AvgIpc) is 2.36. The number of nitrogens with one attached hydrogen (secondary N) is 1. The predicted molar refractivity (Wildman–Crippen MR) is 74.1 cm³/mol. The van der Waals surface area contributed by atoms with Gasteiger partial charge in [-0.05, 0) is 24.3 Å². The molecule has 0 fully saturated rings. The third-order valence-corrected chi connectivity index (χ3v) is 4.07. The number of hydrogen-bond acceptors (Lipinski definition) is 7. The summed E-state index contributed by atoms with van der Waals surface area (Å²) in [5.74, 6) is -0.600. The zero-order valence-electron chi connectivity index (χ0n) is 10.6. The third-order valence-electron chi connectivity index (χ3n) is 2.56. The van der Waals surface area contributed by atoms with Crippen molar-refractivity contribution in [3.63, 3.8) is 0 Å². The van der Waals surface area contributed by atoms with E-state index in [0.717, 1.165) is 0 Å². The molecule has 9 nitrogen and oxygen atoms in total. The number of rotatable bonds is 4. The molecular formula is C10H13N3O6S2. The van der Waals surface area contributed by atoms with E-state index in [0.29, 0.717) is 5.69 Å². The summed E-state index contributed by atoms with van der Waals surface area (Å²) >= 11 is 0. The molecule has 0 aliphatic carbocycles. The number of hydrogen-bond donors (Lipinski definition) is 3. The summed E-state index contributed by atoms with van der Waals surface area (Å²) in [6.45, 7) is 0.263. The van der Waals surface area contributed by atoms with Gasteiger partial charge in [-0.25, -0.2) is 5.01 Å². The maximum Gasteiger partial charge on any atom is 0.294 e. The number of anilines is 1. The van der Waals surface area contributed by atoms with Crippen LogP contribution >= 0.6 is 0 Å². The highest BCUT2D eigenvalue weighted by Gasteiger charge is 2.18. The first-order chi connectivity index (χ1) is 9.65. The second kappa shape index (κ2) is 5.71. The molecule has 1 aliphatic rings. The van der Waals surface area contributed by atoms with E-state index in [-0.39, 0.29) is 11.4 Å². The minimum absolute atomic E-state index is 0.248. The Kier molecular flexibility index (Phi) is 4.32. The van der Waals surface area contributed by atoms with E-state index < -0.39 is 26.1 Å². The molecule has 0 aromatic heterocycles. The van der Waals surface area contributed by atoms with E-state index in [1.165, 1.54) is 34.3 Å². The zero-order valence-corrected chi connectivity index (χ0v) is 12.2. The lowest BCUT2D eigenvalue weighted by Gasteiger charge is -2.32. The fourth-order valence-corrected chi connectivity index (χ4v) is 2.74. The molecule has 0 saturated carbocycles. The van der Waals surface area contributed by atoms with Crippen LogP contribution in [0.15, 0.2) is 41.4 Å². The molecule has 3 N–H and O–H groups in total. The Bertz CT molecular complexity index is 742. The first-order valence-electron chi connectivity index (χ1n) is 5.65. The van der Waals surface area contributed by atoms with Gasteiger partial charge >= 0.3 is 0 Å². The first-order valence-corrected chi connectivity index (χ1v) is 8.70. The van der Waals surface area contributed by atoms with Gasteiger partial charge in [-0.1, -0.05) is 6.08 Å². The van der Waals surface area contributed by atoms with E-state index in [4.69, 9.17) is 9.11 Å². The molecule has 21 heavy (non-hydrogen) atoms. The van der Waals surface area contributed by atoms with E-state index in [1.807, 2.05) is 0 Å². The van der Waals surface area contributed by atoms with Crippen LogP contribution in [0.2, 0.25) is 0 Å². The standard InChI is InChI=1S/C10H13N3O6S2/c14-20(15,16)8-12-6-1-7-13(11-12)9-2-4-10(5-3-9)21(17,18)19/h1-5,7,11H,6,8H2,(H,14,15,16)(H,17,18,19). The number of benzene rings is 1. The Hall–Kier alpha value is -1.50. The van der Waals surface area contributed by atoms with Crippen molar-refractivity contribution in [2.24, 2.45) is 0 Å². The molecule has 0 atom stereocenters. The molecule has 2 rings (SSSR count). The predicted octanol–water partition coefficient (Wildman–Crippen LogP) is -0.166. The second-order valence-corrected chi connectivity index (χ2v) is 7.10. The maximum absolute atomic E-state index is 10.9. The number of nitrogens with zero attached hydrogens (tertiary/aromatic N) is 2. The van der Waals surface area contributed by atoms with Crippen molar-refractivity contribution in [3.8, 4) is 0 Å². The Labute approximate surface area is 121 Å². The SMILES string of the molecule is O=S(=O)(O)CN1CC=CN(c2ccc(S(=O)(=O)O)cc2)N1. The monoisotopic (exact) mass is 335 g/mol. The molecule has 1 aromatic carbocycles. The molecule has 11 heteroatoms. The molecule has 1 aromatic rings. The van der Waals surface area contributed by atoms with Crippen molar-refractivity contribution in [1.82, 2.24) is 10.5 Å². The van der Waals surface area contributed by atoms with Crippen LogP contribution in [0.3, 0.4) is 0 Å². The Balaban J connectivity index is 2.15. The Morgan fingerprint density at radius 2 is 1.71 bits per heavy atom. The zero-order chi connectivity index (χ0) is 15.7. The van der Waals surface area contributed by atoms with Crippen LogP contribution in [-0.2, 0) is 20.2 Å². The highest BCUT2D eigenvalue weighted by atomic mass is 32.2. The molecule has 0 amide bonds. The van der Waals surface area contributed by atoms with Gasteiger partial charge in [0, 0.05) is 12.7 Å². The molecule has 0 radical (unpaired) electrons. The summed E-state index contributed by atoms with van der Waals surface area (Å²) in [6.07, 6.45) is 3.27. The van der Waals surface area contributed by atoms with Crippen molar-refractivity contribution >= 4 is 25.9 Å². The van der Waals surface area contributed by atoms with Crippen LogP contribution in [0, 0.1) is 0 Å². The molecule has 116 valence electrons. The van der Waals surface area contributed by atoms with Crippen LogP contribution in [-0.4, -0.2) is 43.4 Å². The van der Waals surface area contributed by atoms with Gasteiger partial charge in [-0.15, -0.1) is 0 Å². The van der Waals surface area contributed by atoms with Crippen LogP contribution in [0.25, 0.3) is 0 Å². The quantitative estimate of drug-likeness (QED) is 0.643. The number of hydrazine groups is 2. The van der Waals surface area contributed by atoms with Gasteiger partial charge in [0.1, 0.15) is 5.88 Å². The molecule has 1 aliphatic heterocycles. The summed E-state index contributed by atoms with van der Waals surface area (Å²) in [7, 11) is -8.43. The Morgan fingerprint density at radius 3 is 2.24 bits per heavy atom. The van der Waals surface area contributed by atoms with Crippen LogP contribution < -0.4 is 10.5 Å². The van der Waals surface area contributed by atoms with Gasteiger partial charge in [-0.3, -0.25) is 14.1 Å². The second-order valence-electron chi connectivity index (χ2n) is 4.26. The first kappa shape index (κ1) is 15.9. The highest BCUT2D eigenvalue weighted by molar-refractivity contribution is 7.86. The molecule has 0 spiro atoms. The minimum Gasteiger partial charge on any atom is -0.285 e. The molecule has 0 bridgehead atoms. The molecule has 0 unspecified atom stereocenters. The van der Waals surface area contributed by atoms with Gasteiger partial charge < -0.3 is 0 Å². The van der Waals surface area contributed by atoms with E-state index >= 15 is 0 Å². The third kappa shape index (κ3) is 4.49. The van der Waals surface area contributed by atoms with Gasteiger partial charge in [-0.2, -0.15) is 22.4 Å². The van der Waals surface area contributed by atoms with Crippen LogP contribution in [0.4, 0.5) is 5.69 Å². The van der Waals surface area contributed by atoms with Gasteiger partial charge in [0.05, 0.1) is 10.6 Å². The normalized spacial score (nSPS) is 17.1. The smallest absolute Gasteiger partial charge is 0.285 e. The topological polar surface area (TPSA) is 127 Å². The van der Waals surface area contributed by atoms with Crippen molar-refractivity contribution < 1.29 is 25.9 Å². The molecule has 0 saturated heterocycles. The fourth-order valence-electron chi connectivity index (χ4n) is 1.71. The van der Waals surface area contributed by atoms with Crippen molar-refractivity contribution in [2.75, 3.05) is 17.4 Å². The maximum atomic E-state index is 10.9. The van der Waals surface area contributed by atoms with E-state index in [9.17, 15) is 16.8 Å². The van der Waals surface area contributed by atoms with Crippen LogP contribution in [0.1, 0.15) is 0 Å². The van der Waals surface area contributed by atoms with E-state index in [2.05, 4.69) is 5.53 Å². The lowest BCUT2D eigenvalue weighted by atomic mass is 10.3. The fraction of sp³-hybridized carbons (Fsp3) is 0.200. The lowest BCUT2D eigenvalue weighted by Crippen LogP contribution is -2.52. The lowest BCUT2D eigenvalue weighted by molar-refractivity contribution is 0.227. The summed E-state index contributed by atoms with van der Waals surface area (Å²) < 4.78 is 61.2.